The number of carbonyl (C=O) groups excluding carboxylic acids is 1. The number of aromatic nitrogens is 2. The number of aromatic hydroxyl groups is 1. The van der Waals surface area contributed by atoms with Crippen molar-refractivity contribution >= 4 is 35.5 Å². The number of hydrogen-bond donors (Lipinski definition) is 2. The first kappa shape index (κ1) is 24.4. The predicted octanol–water partition coefficient (Wildman–Crippen LogP) is 5.15. The molecule has 2 N–H and O–H groups in total. The summed E-state index contributed by atoms with van der Waals surface area (Å²) in [5, 5.41) is 14.3. The highest BCUT2D eigenvalue weighted by atomic mass is 35.5. The summed E-state index contributed by atoms with van der Waals surface area (Å²) in [6.45, 7) is 1.63. The van der Waals surface area contributed by atoms with Gasteiger partial charge < -0.3 is 9.84 Å². The average Bonchev–Trinajstić information content (AvgIpc) is 2.77. The molecule has 0 radical (unpaired) electrons. The summed E-state index contributed by atoms with van der Waals surface area (Å²) in [6.07, 6.45) is -1.25. The number of alkyl halides is 2. The van der Waals surface area contributed by atoms with Gasteiger partial charge in [0.1, 0.15) is 17.2 Å². The van der Waals surface area contributed by atoms with Gasteiger partial charge in [-0.3, -0.25) is 4.79 Å². The Kier molecular flexibility index (Phi) is 8.18. The van der Waals surface area contributed by atoms with Gasteiger partial charge in [-0.15, -0.1) is 0 Å². The fourth-order valence-electron chi connectivity index (χ4n) is 2.80. The predicted molar refractivity (Wildman–Crippen MR) is 122 cm³/mol. The van der Waals surface area contributed by atoms with E-state index in [1.807, 2.05) is 0 Å². The van der Waals surface area contributed by atoms with Crippen molar-refractivity contribution in [2.75, 3.05) is 7.11 Å². The summed E-state index contributed by atoms with van der Waals surface area (Å²) in [6, 6.07) is 10.6. The van der Waals surface area contributed by atoms with Gasteiger partial charge in [-0.2, -0.15) is 5.10 Å². The lowest BCUT2D eigenvalue weighted by Gasteiger charge is -2.10. The fraction of sp³-hybridized carbons (Fsp3) is 0.182. The number of methoxy groups -OCH3 is 1. The monoisotopic (exact) mass is 492 g/mol. The Labute approximate surface area is 197 Å². The van der Waals surface area contributed by atoms with Crippen molar-refractivity contribution in [1.82, 2.24) is 15.4 Å². The molecule has 0 saturated heterocycles. The third-order valence-electron chi connectivity index (χ3n) is 4.32. The number of phenols is 1. The van der Waals surface area contributed by atoms with Crippen molar-refractivity contribution in [3.63, 3.8) is 0 Å². The van der Waals surface area contributed by atoms with Gasteiger partial charge in [0.15, 0.2) is 5.16 Å². The van der Waals surface area contributed by atoms with E-state index in [0.29, 0.717) is 27.8 Å². The second-order valence-electron chi connectivity index (χ2n) is 6.74. The Morgan fingerprint density at radius 1 is 1.27 bits per heavy atom. The molecule has 0 fully saturated rings. The third-order valence-corrected chi connectivity index (χ3v) is 5.45. The Balaban J connectivity index is 1.71. The number of ether oxygens (including phenoxy) is 1. The molecular weight excluding hydrogens is 474 g/mol. The number of phenolic OH excluding ortho intramolecular Hbond substituents is 1. The van der Waals surface area contributed by atoms with Gasteiger partial charge >= 0.3 is 0 Å². The second kappa shape index (κ2) is 11.1. The van der Waals surface area contributed by atoms with E-state index in [1.54, 1.807) is 25.1 Å². The van der Waals surface area contributed by atoms with Crippen molar-refractivity contribution in [2.45, 2.75) is 24.3 Å². The molecular formula is C22H19ClF2N4O3S. The molecule has 0 bridgehead atoms. The van der Waals surface area contributed by atoms with Crippen molar-refractivity contribution in [3.8, 4) is 11.5 Å². The van der Waals surface area contributed by atoms with Crippen molar-refractivity contribution in [3.05, 3.63) is 75.6 Å². The zero-order chi connectivity index (χ0) is 24.0. The maximum Gasteiger partial charge on any atom is 0.280 e. The molecule has 0 aliphatic rings. The van der Waals surface area contributed by atoms with Crippen LogP contribution >= 0.6 is 23.4 Å². The van der Waals surface area contributed by atoms with Crippen LogP contribution in [0.3, 0.4) is 0 Å². The van der Waals surface area contributed by atoms with E-state index in [2.05, 4.69) is 20.5 Å². The molecule has 0 atom stereocenters. The molecule has 2 aromatic carbocycles. The molecule has 11 heteroatoms. The molecule has 3 aromatic rings. The third kappa shape index (κ3) is 6.62. The van der Waals surface area contributed by atoms with Crippen LogP contribution in [0.5, 0.6) is 11.5 Å². The summed E-state index contributed by atoms with van der Waals surface area (Å²) < 4.78 is 31.4. The number of thioether (sulfide) groups is 1. The SMILES string of the molecule is COc1ccc(/C=N/NC(=O)c2ccc(Cl)cc2O)cc1CSc1nc(C)cc(C(F)F)n1. The van der Waals surface area contributed by atoms with Gasteiger partial charge in [0, 0.05) is 22.0 Å². The average molecular weight is 493 g/mol. The van der Waals surface area contributed by atoms with Crippen LogP contribution in [0.1, 0.15) is 39.3 Å². The molecule has 0 unspecified atom stereocenters. The van der Waals surface area contributed by atoms with Gasteiger partial charge in [-0.1, -0.05) is 23.4 Å². The molecule has 1 heterocycles. The highest BCUT2D eigenvalue weighted by molar-refractivity contribution is 7.98. The number of halogens is 3. The lowest BCUT2D eigenvalue weighted by atomic mass is 10.1. The van der Waals surface area contributed by atoms with Crippen LogP contribution in [0.4, 0.5) is 8.78 Å². The molecule has 7 nitrogen and oxygen atoms in total. The molecule has 0 aliphatic heterocycles. The van der Waals surface area contributed by atoms with E-state index in [4.69, 9.17) is 16.3 Å². The van der Waals surface area contributed by atoms with E-state index < -0.39 is 12.3 Å². The lowest BCUT2D eigenvalue weighted by molar-refractivity contribution is 0.0952. The molecule has 33 heavy (non-hydrogen) atoms. The lowest BCUT2D eigenvalue weighted by Crippen LogP contribution is -2.17. The van der Waals surface area contributed by atoms with E-state index in [0.717, 1.165) is 5.56 Å². The largest absolute Gasteiger partial charge is 0.507 e. The number of benzene rings is 2. The minimum atomic E-state index is -2.68. The van der Waals surface area contributed by atoms with E-state index in [1.165, 1.54) is 49.4 Å². The number of nitrogens with zero attached hydrogens (tertiary/aromatic N) is 3. The van der Waals surface area contributed by atoms with Crippen LogP contribution in [0.2, 0.25) is 5.02 Å². The zero-order valence-corrected chi connectivity index (χ0v) is 19.1. The highest BCUT2D eigenvalue weighted by Gasteiger charge is 2.13. The summed E-state index contributed by atoms with van der Waals surface area (Å²) in [5.74, 6) is 0.0992. The number of carbonyl (C=O) groups is 1. The van der Waals surface area contributed by atoms with Gasteiger partial charge in [-0.05, 0) is 55.0 Å². The Bertz CT molecular complexity index is 1190. The van der Waals surface area contributed by atoms with E-state index in [-0.39, 0.29) is 22.2 Å². The van der Waals surface area contributed by atoms with Crippen molar-refractivity contribution < 1.29 is 23.4 Å². The smallest absolute Gasteiger partial charge is 0.280 e. The summed E-state index contributed by atoms with van der Waals surface area (Å²) >= 11 is 6.96. The van der Waals surface area contributed by atoms with Crippen LogP contribution in [-0.2, 0) is 5.75 Å². The Morgan fingerprint density at radius 2 is 2.06 bits per heavy atom. The van der Waals surface area contributed by atoms with Gasteiger partial charge in [-0.25, -0.2) is 24.2 Å². The first-order valence-electron chi connectivity index (χ1n) is 9.52. The number of amides is 1. The molecule has 172 valence electrons. The first-order chi connectivity index (χ1) is 15.8. The van der Waals surface area contributed by atoms with E-state index >= 15 is 0 Å². The standard InChI is InChI=1S/C22H19ClF2N4O3S/c1-12-7-17(20(24)25)28-22(27-12)33-11-14-8-13(3-6-19(14)32-2)10-26-29-21(31)16-5-4-15(23)9-18(16)30/h3-10,20,30H,11H2,1-2H3,(H,29,31)/b26-10+. The Hall–Kier alpha value is -3.24. The Morgan fingerprint density at radius 3 is 2.76 bits per heavy atom. The molecule has 3 rings (SSSR count). The number of hydrazone groups is 1. The van der Waals surface area contributed by atoms with Crippen LogP contribution in [0.15, 0.2) is 52.7 Å². The number of hydrogen-bond acceptors (Lipinski definition) is 7. The highest BCUT2D eigenvalue weighted by Crippen LogP contribution is 2.28. The van der Waals surface area contributed by atoms with Crippen molar-refractivity contribution in [1.29, 1.82) is 0 Å². The number of rotatable bonds is 8. The van der Waals surface area contributed by atoms with Gasteiger partial charge in [0.25, 0.3) is 12.3 Å². The second-order valence-corrected chi connectivity index (χ2v) is 8.12. The summed E-state index contributed by atoms with van der Waals surface area (Å²) in [4.78, 5) is 20.3. The fourth-order valence-corrected chi connectivity index (χ4v) is 3.85. The topological polar surface area (TPSA) is 96.7 Å². The maximum atomic E-state index is 13.0. The molecule has 0 saturated carbocycles. The first-order valence-corrected chi connectivity index (χ1v) is 10.9. The summed E-state index contributed by atoms with van der Waals surface area (Å²) in [5.41, 5.74) is 3.92. The molecule has 0 spiro atoms. The quantitative estimate of drug-likeness (QED) is 0.195. The maximum absolute atomic E-state index is 13.0. The van der Waals surface area contributed by atoms with Crippen LogP contribution in [0.25, 0.3) is 0 Å². The minimum absolute atomic E-state index is 0.0321. The summed E-state index contributed by atoms with van der Waals surface area (Å²) in [7, 11) is 1.52. The van der Waals surface area contributed by atoms with Crippen LogP contribution in [-0.4, -0.2) is 34.3 Å². The molecule has 1 amide bonds. The van der Waals surface area contributed by atoms with Crippen LogP contribution < -0.4 is 10.2 Å². The van der Waals surface area contributed by atoms with Gasteiger partial charge in [0.2, 0.25) is 0 Å². The minimum Gasteiger partial charge on any atom is -0.507 e. The van der Waals surface area contributed by atoms with Crippen LogP contribution in [0, 0.1) is 6.92 Å². The number of nitrogens with one attached hydrogen (secondary N) is 1. The van der Waals surface area contributed by atoms with Crippen molar-refractivity contribution in [2.24, 2.45) is 5.10 Å². The van der Waals surface area contributed by atoms with Gasteiger partial charge in [0.05, 0.1) is 18.9 Å². The number of aryl methyl sites for hydroxylation is 1. The zero-order valence-electron chi connectivity index (χ0n) is 17.6. The molecule has 0 aliphatic carbocycles. The normalized spacial score (nSPS) is 11.2. The molecule has 1 aromatic heterocycles. The van der Waals surface area contributed by atoms with E-state index in [9.17, 15) is 18.7 Å².